The molecule has 25 heavy (non-hydrogen) atoms. The molecule has 140 valence electrons. The second kappa shape index (κ2) is 9.50. The van der Waals surface area contributed by atoms with Gasteiger partial charge in [-0.2, -0.15) is 0 Å². The van der Waals surface area contributed by atoms with Gasteiger partial charge in [-0.3, -0.25) is 9.59 Å². The molecule has 0 heterocycles. The summed E-state index contributed by atoms with van der Waals surface area (Å²) in [5.41, 5.74) is -0.752. The molecule has 3 unspecified atom stereocenters. The monoisotopic (exact) mass is 353 g/mol. The van der Waals surface area contributed by atoms with Crippen molar-refractivity contribution in [3.63, 3.8) is 0 Å². The Labute approximate surface area is 147 Å². The fraction of sp³-hybridized carbons (Fsp3) is 0.556. The van der Waals surface area contributed by atoms with Gasteiger partial charge in [0.15, 0.2) is 0 Å². The minimum absolute atomic E-state index is 0.369. The van der Waals surface area contributed by atoms with Gasteiger partial charge in [0.2, 0.25) is 5.91 Å². The van der Waals surface area contributed by atoms with Crippen LogP contribution in [0.4, 0.5) is 0 Å². The van der Waals surface area contributed by atoms with E-state index in [0.717, 1.165) is 5.56 Å². The summed E-state index contributed by atoms with van der Waals surface area (Å²) in [5.74, 6) is -4.01. The first-order valence-corrected chi connectivity index (χ1v) is 8.28. The number of nitrogens with one attached hydrogen (secondary N) is 1. The third-order valence-corrected chi connectivity index (χ3v) is 4.63. The van der Waals surface area contributed by atoms with E-state index in [2.05, 4.69) is 5.32 Å². The number of amides is 1. The molecule has 0 aliphatic carbocycles. The number of aliphatic hydroxyl groups excluding tert-OH is 3. The highest BCUT2D eigenvalue weighted by Gasteiger charge is 2.39. The Kier molecular flexibility index (Phi) is 8.02. The molecule has 1 amide bonds. The fourth-order valence-electron chi connectivity index (χ4n) is 2.94. The molecule has 0 spiro atoms. The lowest BCUT2D eigenvalue weighted by Crippen LogP contribution is -2.59. The average molecular weight is 353 g/mol. The number of carbonyl (C=O) groups is 2. The largest absolute Gasteiger partial charge is 0.481 e. The van der Waals surface area contributed by atoms with Gasteiger partial charge in [0, 0.05) is 5.92 Å². The highest BCUT2D eigenvalue weighted by Crippen LogP contribution is 2.33. The molecule has 0 radical (unpaired) electrons. The summed E-state index contributed by atoms with van der Waals surface area (Å²) < 4.78 is 0. The van der Waals surface area contributed by atoms with Crippen LogP contribution in [0.15, 0.2) is 30.3 Å². The van der Waals surface area contributed by atoms with Gasteiger partial charge >= 0.3 is 5.97 Å². The molecule has 0 bridgehead atoms. The molecule has 1 rings (SSSR count). The molecule has 0 fully saturated rings. The Morgan fingerprint density at radius 1 is 1.08 bits per heavy atom. The quantitative estimate of drug-likeness (QED) is 0.413. The van der Waals surface area contributed by atoms with E-state index in [-0.39, 0.29) is 5.92 Å². The van der Waals surface area contributed by atoms with Gasteiger partial charge in [0.05, 0.1) is 25.7 Å². The Balaban J connectivity index is 3.08. The predicted molar refractivity (Wildman–Crippen MR) is 91.9 cm³/mol. The zero-order chi connectivity index (χ0) is 19.0. The zero-order valence-electron chi connectivity index (χ0n) is 14.6. The third kappa shape index (κ3) is 5.01. The molecule has 1 aromatic carbocycles. The van der Waals surface area contributed by atoms with Crippen LogP contribution in [0.5, 0.6) is 0 Å². The standard InChI is InChI=1S/C18H27NO6/c1-3-14(13-7-5-4-6-8-13)15(17(24)25)12(2)16(23)19-18(9-20,10-21)11-22/h4-8,12,14-15,20-22H,3,9-11H2,1-2H3,(H,19,23)(H,24,25). The van der Waals surface area contributed by atoms with Gasteiger partial charge in [-0.15, -0.1) is 0 Å². The molecule has 0 saturated heterocycles. The molecule has 1 aromatic rings. The number of aliphatic carboxylic acids is 1. The van der Waals surface area contributed by atoms with Gasteiger partial charge in [0.25, 0.3) is 0 Å². The minimum Gasteiger partial charge on any atom is -0.481 e. The Morgan fingerprint density at radius 2 is 1.60 bits per heavy atom. The summed E-state index contributed by atoms with van der Waals surface area (Å²) in [6, 6.07) is 9.12. The first kappa shape index (κ1) is 21.1. The van der Waals surface area contributed by atoms with Crippen LogP contribution >= 0.6 is 0 Å². The second-order valence-electron chi connectivity index (χ2n) is 6.32. The van der Waals surface area contributed by atoms with Gasteiger partial charge < -0.3 is 25.7 Å². The first-order chi connectivity index (χ1) is 11.9. The summed E-state index contributed by atoms with van der Waals surface area (Å²) in [5, 5.41) is 40.1. The van der Waals surface area contributed by atoms with E-state index in [1.54, 1.807) is 0 Å². The van der Waals surface area contributed by atoms with Crippen molar-refractivity contribution in [1.82, 2.24) is 5.32 Å². The molecule has 0 aromatic heterocycles. The van der Waals surface area contributed by atoms with E-state index in [9.17, 15) is 30.0 Å². The molecule has 0 saturated carbocycles. The average Bonchev–Trinajstić information content (AvgIpc) is 2.63. The molecule has 7 heteroatoms. The van der Waals surface area contributed by atoms with Crippen molar-refractivity contribution in [3.05, 3.63) is 35.9 Å². The molecule has 3 atom stereocenters. The van der Waals surface area contributed by atoms with Crippen LogP contribution in [-0.4, -0.2) is 57.7 Å². The molecule has 5 N–H and O–H groups in total. The number of hydrogen-bond donors (Lipinski definition) is 5. The maximum absolute atomic E-state index is 12.5. The van der Waals surface area contributed by atoms with Crippen molar-refractivity contribution < 1.29 is 30.0 Å². The van der Waals surface area contributed by atoms with E-state index < -0.39 is 49.1 Å². The Hall–Kier alpha value is -1.96. The van der Waals surface area contributed by atoms with E-state index >= 15 is 0 Å². The lowest BCUT2D eigenvalue weighted by molar-refractivity contribution is -0.149. The lowest BCUT2D eigenvalue weighted by Gasteiger charge is -2.33. The minimum atomic E-state index is -1.58. The maximum Gasteiger partial charge on any atom is 0.307 e. The summed E-state index contributed by atoms with van der Waals surface area (Å²) in [7, 11) is 0. The summed E-state index contributed by atoms with van der Waals surface area (Å²) in [6.45, 7) is 1.37. The number of hydrogen-bond acceptors (Lipinski definition) is 5. The molecule has 0 aliphatic heterocycles. The van der Waals surface area contributed by atoms with Crippen molar-refractivity contribution in [2.45, 2.75) is 31.7 Å². The van der Waals surface area contributed by atoms with Crippen LogP contribution < -0.4 is 5.32 Å². The van der Waals surface area contributed by atoms with Gasteiger partial charge in [-0.05, 0) is 17.9 Å². The Bertz CT molecular complexity index is 550. The van der Waals surface area contributed by atoms with Crippen molar-refractivity contribution >= 4 is 11.9 Å². The summed E-state index contributed by atoms with van der Waals surface area (Å²) in [6.07, 6.45) is 0.531. The molecule has 0 aliphatic rings. The molecular weight excluding hydrogens is 326 g/mol. The van der Waals surface area contributed by atoms with E-state index in [4.69, 9.17) is 0 Å². The number of aliphatic hydroxyl groups is 3. The van der Waals surface area contributed by atoms with Gasteiger partial charge in [-0.25, -0.2) is 0 Å². The van der Waals surface area contributed by atoms with Crippen molar-refractivity contribution in [2.24, 2.45) is 11.8 Å². The van der Waals surface area contributed by atoms with E-state index in [0.29, 0.717) is 6.42 Å². The maximum atomic E-state index is 12.5. The smallest absolute Gasteiger partial charge is 0.307 e. The highest BCUT2D eigenvalue weighted by molar-refractivity contribution is 5.85. The number of carbonyl (C=O) groups excluding carboxylic acids is 1. The van der Waals surface area contributed by atoms with Crippen LogP contribution in [0.1, 0.15) is 31.7 Å². The fourth-order valence-corrected chi connectivity index (χ4v) is 2.94. The van der Waals surface area contributed by atoms with Crippen molar-refractivity contribution in [1.29, 1.82) is 0 Å². The number of benzene rings is 1. The summed E-state index contributed by atoms with van der Waals surface area (Å²) in [4.78, 5) is 24.4. The predicted octanol–water partition coefficient (Wildman–Crippen LogP) is 0.349. The molecule has 7 nitrogen and oxygen atoms in total. The molecular formula is C18H27NO6. The van der Waals surface area contributed by atoms with Gasteiger partial charge in [-0.1, -0.05) is 44.2 Å². The second-order valence-corrected chi connectivity index (χ2v) is 6.32. The third-order valence-electron chi connectivity index (χ3n) is 4.63. The lowest BCUT2D eigenvalue weighted by atomic mass is 9.76. The zero-order valence-corrected chi connectivity index (χ0v) is 14.6. The van der Waals surface area contributed by atoms with Crippen molar-refractivity contribution in [2.75, 3.05) is 19.8 Å². The first-order valence-electron chi connectivity index (χ1n) is 8.28. The number of carboxylic acids is 1. The normalized spacial score (nSPS) is 15.2. The highest BCUT2D eigenvalue weighted by atomic mass is 16.4. The number of rotatable bonds is 10. The van der Waals surface area contributed by atoms with Gasteiger partial charge in [0.1, 0.15) is 5.54 Å². The Morgan fingerprint density at radius 3 is 2.00 bits per heavy atom. The van der Waals surface area contributed by atoms with Crippen LogP contribution in [0, 0.1) is 11.8 Å². The topological polar surface area (TPSA) is 127 Å². The van der Waals surface area contributed by atoms with Crippen LogP contribution in [0.25, 0.3) is 0 Å². The number of carboxylic acid groups (broad SMARTS) is 1. The van der Waals surface area contributed by atoms with Crippen molar-refractivity contribution in [3.8, 4) is 0 Å². The van der Waals surface area contributed by atoms with E-state index in [1.165, 1.54) is 6.92 Å². The van der Waals surface area contributed by atoms with E-state index in [1.807, 2.05) is 37.3 Å². The van der Waals surface area contributed by atoms with Crippen LogP contribution in [0.3, 0.4) is 0 Å². The SMILES string of the molecule is CCC(c1ccccc1)C(C(=O)O)C(C)C(=O)NC(CO)(CO)CO. The summed E-state index contributed by atoms with van der Waals surface area (Å²) >= 11 is 0. The van der Waals surface area contributed by atoms with Crippen LogP contribution in [0.2, 0.25) is 0 Å². The van der Waals surface area contributed by atoms with Crippen LogP contribution in [-0.2, 0) is 9.59 Å².